The fourth-order valence-electron chi connectivity index (χ4n) is 1.81. The molecule has 0 radical (unpaired) electrons. The highest BCUT2D eigenvalue weighted by Gasteiger charge is 2.17. The van der Waals surface area contributed by atoms with Crippen LogP contribution in [0.3, 0.4) is 0 Å². The summed E-state index contributed by atoms with van der Waals surface area (Å²) in [5.41, 5.74) is 1.90. The Labute approximate surface area is 109 Å². The van der Waals surface area contributed by atoms with Crippen LogP contribution in [0.5, 0.6) is 0 Å². The maximum Gasteiger partial charge on any atom is 0.337 e. The lowest BCUT2D eigenvalue weighted by Crippen LogP contribution is -2.16. The predicted octanol–water partition coefficient (Wildman–Crippen LogP) is 2.24. The average molecular weight is 260 g/mol. The highest BCUT2D eigenvalue weighted by molar-refractivity contribution is 6.07. The molecule has 0 aliphatic rings. The molecule has 98 valence electrons. The summed E-state index contributed by atoms with van der Waals surface area (Å²) in [6.07, 6.45) is 1.27. The normalized spacial score (nSPS) is 10.2. The van der Waals surface area contributed by atoms with Crippen LogP contribution in [0.1, 0.15) is 32.0 Å². The summed E-state index contributed by atoms with van der Waals surface area (Å²) >= 11 is 0. The fourth-order valence-corrected chi connectivity index (χ4v) is 1.81. The van der Waals surface area contributed by atoms with Crippen molar-refractivity contribution in [3.8, 4) is 0 Å². The Kier molecular flexibility index (Phi) is 3.33. The van der Waals surface area contributed by atoms with Crippen LogP contribution in [0.4, 0.5) is 5.69 Å². The summed E-state index contributed by atoms with van der Waals surface area (Å²) in [6, 6.07) is 4.71. The van der Waals surface area contributed by atoms with Crippen LogP contribution in [0.25, 0.3) is 0 Å². The first-order valence-electron chi connectivity index (χ1n) is 5.55. The van der Waals surface area contributed by atoms with Crippen molar-refractivity contribution in [2.45, 2.75) is 13.8 Å². The molecule has 0 aliphatic carbocycles. The molecular weight excluding hydrogens is 248 g/mol. The highest BCUT2D eigenvalue weighted by Crippen LogP contribution is 2.23. The van der Waals surface area contributed by atoms with Crippen molar-refractivity contribution >= 4 is 17.6 Å². The molecule has 0 bridgehead atoms. The number of carboxylic acid groups (broad SMARTS) is 1. The number of aromatic carboxylic acids is 1. The number of rotatable bonds is 3. The van der Waals surface area contributed by atoms with Crippen LogP contribution in [0, 0.1) is 13.8 Å². The van der Waals surface area contributed by atoms with Gasteiger partial charge in [0.15, 0.2) is 5.69 Å². The SMILES string of the molecule is Cc1cc(C)c(NC(=O)c2ccon2)c(C(=O)O)c1. The lowest BCUT2D eigenvalue weighted by molar-refractivity contribution is 0.0698. The molecular formula is C13H12N2O4. The number of carbonyl (C=O) groups is 2. The average Bonchev–Trinajstić information content (AvgIpc) is 2.85. The van der Waals surface area contributed by atoms with Gasteiger partial charge in [-0.05, 0) is 31.0 Å². The lowest BCUT2D eigenvalue weighted by atomic mass is 10.0. The Morgan fingerprint density at radius 2 is 2.05 bits per heavy atom. The minimum absolute atomic E-state index is 0.0503. The summed E-state index contributed by atoms with van der Waals surface area (Å²) in [7, 11) is 0. The van der Waals surface area contributed by atoms with Gasteiger partial charge in [0.2, 0.25) is 0 Å². The molecule has 0 saturated carbocycles. The third kappa shape index (κ3) is 2.62. The zero-order chi connectivity index (χ0) is 14.0. The van der Waals surface area contributed by atoms with Crippen LogP contribution >= 0.6 is 0 Å². The number of nitrogens with zero attached hydrogens (tertiary/aromatic N) is 1. The minimum Gasteiger partial charge on any atom is -0.478 e. The van der Waals surface area contributed by atoms with Crippen molar-refractivity contribution in [3.05, 3.63) is 46.8 Å². The zero-order valence-corrected chi connectivity index (χ0v) is 10.4. The van der Waals surface area contributed by atoms with Crippen molar-refractivity contribution in [1.82, 2.24) is 5.16 Å². The molecule has 1 heterocycles. The van der Waals surface area contributed by atoms with Crippen molar-refractivity contribution < 1.29 is 19.2 Å². The van der Waals surface area contributed by atoms with Gasteiger partial charge in [0.1, 0.15) is 6.26 Å². The Morgan fingerprint density at radius 3 is 2.63 bits per heavy atom. The van der Waals surface area contributed by atoms with Crippen LogP contribution in [0.15, 0.2) is 29.0 Å². The Bertz CT molecular complexity index is 632. The standard InChI is InChI=1S/C13H12N2O4/c1-7-5-8(2)11(9(6-7)13(17)18)14-12(16)10-3-4-19-15-10/h3-6H,1-2H3,(H,14,16)(H,17,18). The van der Waals surface area contributed by atoms with E-state index >= 15 is 0 Å². The molecule has 1 aromatic heterocycles. The molecule has 2 N–H and O–H groups in total. The van der Waals surface area contributed by atoms with Gasteiger partial charge in [-0.15, -0.1) is 0 Å². The van der Waals surface area contributed by atoms with Crippen molar-refractivity contribution in [2.75, 3.05) is 5.32 Å². The van der Waals surface area contributed by atoms with Gasteiger partial charge in [-0.3, -0.25) is 4.79 Å². The second kappa shape index (κ2) is 4.93. The number of nitrogens with one attached hydrogen (secondary N) is 1. The van der Waals surface area contributed by atoms with E-state index in [-0.39, 0.29) is 16.9 Å². The van der Waals surface area contributed by atoms with E-state index in [1.165, 1.54) is 18.4 Å². The Morgan fingerprint density at radius 1 is 1.32 bits per heavy atom. The molecule has 0 fully saturated rings. The molecule has 6 nitrogen and oxygen atoms in total. The van der Waals surface area contributed by atoms with Gasteiger partial charge in [0.05, 0.1) is 11.3 Å². The summed E-state index contributed by atoms with van der Waals surface area (Å²) in [6.45, 7) is 3.53. The number of carboxylic acids is 1. The lowest BCUT2D eigenvalue weighted by Gasteiger charge is -2.11. The van der Waals surface area contributed by atoms with E-state index in [2.05, 4.69) is 15.0 Å². The summed E-state index contributed by atoms with van der Waals surface area (Å²) in [5, 5.41) is 15.2. The van der Waals surface area contributed by atoms with Crippen LogP contribution in [0.2, 0.25) is 0 Å². The summed E-state index contributed by atoms with van der Waals surface area (Å²) < 4.78 is 4.57. The first-order chi connectivity index (χ1) is 8.99. The second-order valence-electron chi connectivity index (χ2n) is 4.15. The first kappa shape index (κ1) is 12.8. The van der Waals surface area contributed by atoms with Crippen molar-refractivity contribution in [2.24, 2.45) is 0 Å². The summed E-state index contributed by atoms with van der Waals surface area (Å²) in [5.74, 6) is -1.61. The van der Waals surface area contributed by atoms with E-state index in [1.807, 2.05) is 0 Å². The predicted molar refractivity (Wildman–Crippen MR) is 67.3 cm³/mol. The maximum atomic E-state index is 11.9. The topological polar surface area (TPSA) is 92.4 Å². The second-order valence-corrected chi connectivity index (χ2v) is 4.15. The number of amides is 1. The number of aryl methyl sites for hydroxylation is 2. The fraction of sp³-hybridized carbons (Fsp3) is 0.154. The molecule has 19 heavy (non-hydrogen) atoms. The maximum absolute atomic E-state index is 11.9. The summed E-state index contributed by atoms with van der Waals surface area (Å²) in [4.78, 5) is 23.1. The molecule has 2 rings (SSSR count). The Balaban J connectivity index is 2.39. The molecule has 0 atom stereocenters. The molecule has 6 heteroatoms. The third-order valence-corrected chi connectivity index (χ3v) is 2.62. The molecule has 0 aliphatic heterocycles. The monoisotopic (exact) mass is 260 g/mol. The van der Waals surface area contributed by atoms with Gasteiger partial charge in [-0.2, -0.15) is 0 Å². The molecule has 0 saturated heterocycles. The van der Waals surface area contributed by atoms with Crippen molar-refractivity contribution in [3.63, 3.8) is 0 Å². The number of anilines is 1. The van der Waals surface area contributed by atoms with Crippen LogP contribution in [-0.2, 0) is 0 Å². The van der Waals surface area contributed by atoms with E-state index < -0.39 is 11.9 Å². The van der Waals surface area contributed by atoms with Gasteiger partial charge >= 0.3 is 5.97 Å². The van der Waals surface area contributed by atoms with Gasteiger partial charge in [0.25, 0.3) is 5.91 Å². The Hall–Kier alpha value is -2.63. The van der Waals surface area contributed by atoms with E-state index in [1.54, 1.807) is 19.9 Å². The quantitative estimate of drug-likeness (QED) is 0.882. The number of hydrogen-bond acceptors (Lipinski definition) is 4. The van der Waals surface area contributed by atoms with Crippen molar-refractivity contribution in [1.29, 1.82) is 0 Å². The van der Waals surface area contributed by atoms with Gasteiger partial charge in [-0.25, -0.2) is 4.79 Å². The van der Waals surface area contributed by atoms with E-state index in [0.717, 1.165) is 5.56 Å². The van der Waals surface area contributed by atoms with Crippen LogP contribution < -0.4 is 5.32 Å². The van der Waals surface area contributed by atoms with E-state index in [9.17, 15) is 14.7 Å². The smallest absolute Gasteiger partial charge is 0.337 e. The van der Waals surface area contributed by atoms with Gasteiger partial charge in [-0.1, -0.05) is 11.2 Å². The number of aromatic nitrogens is 1. The molecule has 1 aromatic carbocycles. The largest absolute Gasteiger partial charge is 0.478 e. The van der Waals surface area contributed by atoms with Gasteiger partial charge < -0.3 is 14.9 Å². The number of benzene rings is 1. The molecule has 2 aromatic rings. The zero-order valence-electron chi connectivity index (χ0n) is 10.4. The molecule has 0 spiro atoms. The van der Waals surface area contributed by atoms with Gasteiger partial charge in [0, 0.05) is 6.07 Å². The molecule has 0 unspecified atom stereocenters. The molecule has 1 amide bonds. The highest BCUT2D eigenvalue weighted by atomic mass is 16.5. The van der Waals surface area contributed by atoms with E-state index in [4.69, 9.17) is 0 Å². The first-order valence-corrected chi connectivity index (χ1v) is 5.55. The number of carbonyl (C=O) groups excluding carboxylic acids is 1. The van der Waals surface area contributed by atoms with E-state index in [0.29, 0.717) is 5.56 Å². The van der Waals surface area contributed by atoms with Crippen LogP contribution in [-0.4, -0.2) is 22.1 Å². The minimum atomic E-state index is -1.10. The number of hydrogen-bond donors (Lipinski definition) is 2. The third-order valence-electron chi connectivity index (χ3n) is 2.62.